The molecule has 3 aromatic carbocycles. The number of fused-ring (bicyclic) bond motifs is 1. The van der Waals surface area contributed by atoms with Gasteiger partial charge >= 0.3 is 0 Å². The second kappa shape index (κ2) is 9.19. The van der Waals surface area contributed by atoms with Crippen molar-refractivity contribution in [2.75, 3.05) is 6.61 Å². The van der Waals surface area contributed by atoms with E-state index in [0.29, 0.717) is 18.4 Å². The third-order valence-electron chi connectivity index (χ3n) is 5.65. The third-order valence-corrected chi connectivity index (χ3v) is 5.65. The number of rotatable bonds is 9. The van der Waals surface area contributed by atoms with Crippen LogP contribution in [-0.2, 0) is 6.61 Å². The first kappa shape index (κ1) is 21.4. The van der Waals surface area contributed by atoms with Crippen LogP contribution in [0.15, 0.2) is 60.7 Å². The molecule has 33 heavy (non-hydrogen) atoms. The van der Waals surface area contributed by atoms with Gasteiger partial charge in [0, 0.05) is 17.7 Å². The van der Waals surface area contributed by atoms with E-state index in [0.717, 1.165) is 59.2 Å². The Morgan fingerprint density at radius 1 is 1.00 bits per heavy atom. The average molecular weight is 450 g/mol. The second-order valence-corrected chi connectivity index (χ2v) is 8.20. The second-order valence-electron chi connectivity index (χ2n) is 8.20. The maximum Gasteiger partial charge on any atom is 0.130 e. The van der Waals surface area contributed by atoms with Crippen LogP contribution in [0.5, 0.6) is 11.5 Å². The van der Waals surface area contributed by atoms with Gasteiger partial charge in [-0.1, -0.05) is 12.1 Å². The molecule has 0 saturated heterocycles. The summed E-state index contributed by atoms with van der Waals surface area (Å²) in [5, 5.41) is 3.66. The van der Waals surface area contributed by atoms with Gasteiger partial charge < -0.3 is 19.8 Å². The number of nitrogens with zero attached hydrogens (tertiary/aromatic N) is 1. The van der Waals surface area contributed by atoms with Gasteiger partial charge in [0.1, 0.15) is 35.6 Å². The van der Waals surface area contributed by atoms with Gasteiger partial charge in [-0.25, -0.2) is 13.8 Å². The van der Waals surface area contributed by atoms with Crippen LogP contribution >= 0.6 is 0 Å². The van der Waals surface area contributed by atoms with E-state index in [2.05, 4.69) is 10.3 Å². The SMILES string of the molecule is CCOc1ccc2nc(C(NC3CC3)c3ccc(OCc4cc(F)ccc4F)cc3)[nH]c2c1. The zero-order chi connectivity index (χ0) is 22.8. The van der Waals surface area contributed by atoms with Crippen molar-refractivity contribution < 1.29 is 18.3 Å². The number of aromatic amines is 1. The minimum absolute atomic E-state index is 0.0432. The van der Waals surface area contributed by atoms with Gasteiger partial charge in [0.2, 0.25) is 0 Å². The van der Waals surface area contributed by atoms with Crippen LogP contribution in [0.4, 0.5) is 8.78 Å². The van der Waals surface area contributed by atoms with E-state index in [4.69, 9.17) is 14.5 Å². The largest absolute Gasteiger partial charge is 0.494 e. The first-order valence-electron chi connectivity index (χ1n) is 11.1. The maximum atomic E-state index is 13.8. The Hall–Kier alpha value is -3.45. The summed E-state index contributed by atoms with van der Waals surface area (Å²) in [6, 6.07) is 17.2. The van der Waals surface area contributed by atoms with Crippen molar-refractivity contribution >= 4 is 11.0 Å². The summed E-state index contributed by atoms with van der Waals surface area (Å²) < 4.78 is 38.5. The fraction of sp³-hybridized carbons (Fsp3) is 0.269. The molecule has 5 nitrogen and oxygen atoms in total. The van der Waals surface area contributed by atoms with Gasteiger partial charge in [-0.2, -0.15) is 0 Å². The minimum Gasteiger partial charge on any atom is -0.494 e. The first-order chi connectivity index (χ1) is 16.1. The lowest BCUT2D eigenvalue weighted by Gasteiger charge is -2.17. The Kier molecular flexibility index (Phi) is 5.96. The monoisotopic (exact) mass is 449 g/mol. The molecule has 0 spiro atoms. The molecule has 2 N–H and O–H groups in total. The van der Waals surface area contributed by atoms with Crippen molar-refractivity contribution in [2.24, 2.45) is 0 Å². The van der Waals surface area contributed by atoms with E-state index < -0.39 is 11.6 Å². The number of benzene rings is 3. The van der Waals surface area contributed by atoms with Gasteiger partial charge in [-0.15, -0.1) is 0 Å². The fourth-order valence-electron chi connectivity index (χ4n) is 3.79. The number of imidazole rings is 1. The van der Waals surface area contributed by atoms with Crippen molar-refractivity contribution in [3.05, 3.63) is 89.2 Å². The Morgan fingerprint density at radius 2 is 1.79 bits per heavy atom. The Morgan fingerprint density at radius 3 is 2.55 bits per heavy atom. The van der Waals surface area contributed by atoms with Crippen LogP contribution in [0.2, 0.25) is 0 Å². The molecule has 1 fully saturated rings. The van der Waals surface area contributed by atoms with E-state index in [1.807, 2.05) is 49.4 Å². The molecule has 0 amide bonds. The molecule has 1 aliphatic carbocycles. The van der Waals surface area contributed by atoms with Crippen molar-refractivity contribution in [3.63, 3.8) is 0 Å². The van der Waals surface area contributed by atoms with Gasteiger partial charge in [0.15, 0.2) is 0 Å². The predicted molar refractivity (Wildman–Crippen MR) is 122 cm³/mol. The molecule has 1 heterocycles. The lowest BCUT2D eigenvalue weighted by molar-refractivity contribution is 0.299. The van der Waals surface area contributed by atoms with E-state index in [1.54, 1.807) is 0 Å². The summed E-state index contributed by atoms with van der Waals surface area (Å²) >= 11 is 0. The number of aromatic nitrogens is 2. The molecule has 0 aliphatic heterocycles. The lowest BCUT2D eigenvalue weighted by atomic mass is 10.1. The highest BCUT2D eigenvalue weighted by Crippen LogP contribution is 2.30. The van der Waals surface area contributed by atoms with Gasteiger partial charge in [-0.3, -0.25) is 0 Å². The number of nitrogens with one attached hydrogen (secondary N) is 2. The molecule has 1 unspecified atom stereocenters. The molecule has 1 saturated carbocycles. The predicted octanol–water partition coefficient (Wildman–Crippen LogP) is 5.66. The van der Waals surface area contributed by atoms with Crippen molar-refractivity contribution in [1.29, 1.82) is 0 Å². The summed E-state index contributed by atoms with van der Waals surface area (Å²) in [6.45, 7) is 2.53. The van der Waals surface area contributed by atoms with Gasteiger partial charge in [0.25, 0.3) is 0 Å². The molecular weight excluding hydrogens is 424 g/mol. The summed E-state index contributed by atoms with van der Waals surface area (Å²) in [4.78, 5) is 8.24. The van der Waals surface area contributed by atoms with E-state index in [9.17, 15) is 8.78 Å². The zero-order valence-electron chi connectivity index (χ0n) is 18.3. The number of halogens is 2. The summed E-state index contributed by atoms with van der Waals surface area (Å²) in [5.74, 6) is 1.25. The highest BCUT2D eigenvalue weighted by Gasteiger charge is 2.28. The third kappa shape index (κ3) is 4.98. The zero-order valence-corrected chi connectivity index (χ0v) is 18.3. The maximum absolute atomic E-state index is 13.8. The molecule has 1 aromatic heterocycles. The normalized spacial score (nSPS) is 14.4. The van der Waals surface area contributed by atoms with Gasteiger partial charge in [0.05, 0.1) is 23.7 Å². The van der Waals surface area contributed by atoms with Crippen molar-refractivity contribution in [1.82, 2.24) is 15.3 Å². The Balaban J connectivity index is 1.35. The van der Waals surface area contributed by atoms with Crippen LogP contribution in [0, 0.1) is 11.6 Å². The molecular formula is C26H25F2N3O2. The smallest absolute Gasteiger partial charge is 0.130 e. The molecule has 1 aliphatic rings. The molecule has 7 heteroatoms. The van der Waals surface area contributed by atoms with Gasteiger partial charge in [-0.05, 0) is 67.8 Å². The quantitative estimate of drug-likeness (QED) is 0.346. The van der Waals surface area contributed by atoms with Crippen LogP contribution in [0.25, 0.3) is 11.0 Å². The molecule has 0 bridgehead atoms. The highest BCUT2D eigenvalue weighted by atomic mass is 19.1. The molecule has 170 valence electrons. The molecule has 4 aromatic rings. The van der Waals surface area contributed by atoms with E-state index in [1.165, 1.54) is 0 Å². The molecule has 1 atom stereocenters. The fourth-order valence-corrected chi connectivity index (χ4v) is 3.79. The Bertz CT molecular complexity index is 1250. The number of hydrogen-bond acceptors (Lipinski definition) is 4. The summed E-state index contributed by atoms with van der Waals surface area (Å²) in [7, 11) is 0. The number of H-pyrrole nitrogens is 1. The average Bonchev–Trinajstić information content (AvgIpc) is 3.55. The lowest BCUT2D eigenvalue weighted by Crippen LogP contribution is -2.25. The minimum atomic E-state index is -0.487. The first-order valence-corrected chi connectivity index (χ1v) is 11.1. The number of ether oxygens (including phenoxy) is 2. The summed E-state index contributed by atoms with van der Waals surface area (Å²) in [5.41, 5.74) is 3.03. The summed E-state index contributed by atoms with van der Waals surface area (Å²) in [6.07, 6.45) is 2.29. The van der Waals surface area contributed by atoms with Crippen LogP contribution in [0.1, 0.15) is 42.8 Å². The van der Waals surface area contributed by atoms with Crippen LogP contribution in [0.3, 0.4) is 0 Å². The van der Waals surface area contributed by atoms with Crippen molar-refractivity contribution in [2.45, 2.75) is 38.5 Å². The Labute approximate surface area is 190 Å². The highest BCUT2D eigenvalue weighted by molar-refractivity contribution is 5.77. The van der Waals surface area contributed by atoms with Crippen LogP contribution in [-0.4, -0.2) is 22.6 Å². The van der Waals surface area contributed by atoms with E-state index >= 15 is 0 Å². The molecule has 5 rings (SSSR count). The number of hydrogen-bond donors (Lipinski definition) is 2. The standard InChI is InChI=1S/C26H25F2N3O2/c1-2-32-21-10-12-23-24(14-21)31-26(30-23)25(29-19-6-7-19)16-3-8-20(9-4-16)33-15-17-13-18(27)5-11-22(17)28/h3-5,8-14,19,25,29H,2,6-7,15H2,1H3,(H,30,31). The molecule has 0 radical (unpaired) electrons. The van der Waals surface area contributed by atoms with Crippen LogP contribution < -0.4 is 14.8 Å². The topological polar surface area (TPSA) is 59.2 Å². The van der Waals surface area contributed by atoms with Crippen molar-refractivity contribution in [3.8, 4) is 11.5 Å². The van der Waals surface area contributed by atoms with E-state index in [-0.39, 0.29) is 18.2 Å².